The molecule has 92 valence electrons. The summed E-state index contributed by atoms with van der Waals surface area (Å²) in [4.78, 5) is 2.57. The van der Waals surface area contributed by atoms with Crippen molar-refractivity contribution in [2.45, 2.75) is 25.2 Å². The molecule has 0 aliphatic heterocycles. The summed E-state index contributed by atoms with van der Waals surface area (Å²) in [5.74, 6) is 0. The first kappa shape index (κ1) is 13.5. The molecule has 0 heterocycles. The minimum absolute atomic E-state index is 0.116. The summed E-state index contributed by atoms with van der Waals surface area (Å²) in [5, 5.41) is 31.8. The summed E-state index contributed by atoms with van der Waals surface area (Å²) in [6.45, 7) is 0.0177. The fourth-order valence-electron chi connectivity index (χ4n) is 1.49. The molecular weight excluding hydrogens is 222 g/mol. The number of hydrogen-bond donors (Lipinski definition) is 3. The molecule has 1 aromatic rings. The highest BCUT2D eigenvalue weighted by Crippen LogP contribution is 2.20. The Morgan fingerprint density at radius 2 is 2.12 bits per heavy atom. The first-order valence-corrected chi connectivity index (χ1v) is 5.25. The third-order valence-corrected chi connectivity index (χ3v) is 2.43. The van der Waals surface area contributed by atoms with E-state index in [2.05, 4.69) is 10.0 Å². The monoisotopic (exact) mass is 237 g/mol. The van der Waals surface area contributed by atoms with E-state index in [4.69, 9.17) is 10.6 Å². The van der Waals surface area contributed by atoms with Gasteiger partial charge in [-0.3, -0.25) is 0 Å². The van der Waals surface area contributed by atoms with Crippen molar-refractivity contribution in [3.05, 3.63) is 45.8 Å². The number of rotatable bonds is 6. The molecule has 0 aliphatic rings. The van der Waals surface area contributed by atoms with E-state index in [1.54, 1.807) is 24.3 Å². The van der Waals surface area contributed by atoms with Crippen LogP contribution in [0.15, 0.2) is 29.4 Å². The fourth-order valence-corrected chi connectivity index (χ4v) is 1.49. The van der Waals surface area contributed by atoms with Crippen LogP contribution in [0, 0.1) is 0 Å². The average Bonchev–Trinajstić information content (AvgIpc) is 2.38. The summed E-state index contributed by atoms with van der Waals surface area (Å²) in [6.07, 6.45) is -1.85. The van der Waals surface area contributed by atoms with Crippen LogP contribution < -0.4 is 0 Å². The molecule has 0 saturated heterocycles. The summed E-state index contributed by atoms with van der Waals surface area (Å²) < 4.78 is 0. The minimum atomic E-state index is -1.05. The third-order valence-electron chi connectivity index (χ3n) is 2.43. The van der Waals surface area contributed by atoms with Gasteiger partial charge in [0.15, 0.2) is 0 Å². The summed E-state index contributed by atoms with van der Waals surface area (Å²) in [5.41, 5.74) is 9.29. The topological polar surface area (TPSA) is 109 Å². The van der Waals surface area contributed by atoms with E-state index < -0.39 is 12.2 Å². The first-order chi connectivity index (χ1) is 8.19. The molecule has 3 N–H and O–H groups in total. The minimum Gasteiger partial charge on any atom is -0.392 e. The van der Waals surface area contributed by atoms with Crippen molar-refractivity contribution in [3.63, 3.8) is 0 Å². The molecule has 0 amide bonds. The van der Waals surface area contributed by atoms with Crippen molar-refractivity contribution >= 4 is 0 Å². The molecule has 1 aromatic carbocycles. The van der Waals surface area contributed by atoms with E-state index in [-0.39, 0.29) is 19.6 Å². The lowest BCUT2D eigenvalue weighted by Gasteiger charge is -2.17. The van der Waals surface area contributed by atoms with Crippen LogP contribution in [0.2, 0.25) is 0 Å². The summed E-state index contributed by atoms with van der Waals surface area (Å²) >= 11 is 0. The predicted molar refractivity (Wildman–Crippen MR) is 62.0 cm³/mol. The van der Waals surface area contributed by atoms with Crippen LogP contribution in [0.5, 0.6) is 0 Å². The fraction of sp³-hybridized carbons (Fsp3) is 0.455. The molecule has 2 unspecified atom stereocenters. The van der Waals surface area contributed by atoms with Gasteiger partial charge in [-0.15, -0.1) is 0 Å². The molecular formula is C11H15N3O3. The van der Waals surface area contributed by atoms with E-state index in [9.17, 15) is 10.2 Å². The largest absolute Gasteiger partial charge is 0.392 e. The normalized spacial score (nSPS) is 13.8. The van der Waals surface area contributed by atoms with Crippen molar-refractivity contribution in [1.82, 2.24) is 0 Å². The maximum absolute atomic E-state index is 9.84. The number of aliphatic hydroxyl groups excluding tert-OH is 3. The van der Waals surface area contributed by atoms with E-state index in [0.717, 1.165) is 0 Å². The molecule has 0 saturated carbocycles. The number of benzene rings is 1. The number of aliphatic hydroxyl groups is 3. The number of nitrogens with zero attached hydrogens (tertiary/aromatic N) is 3. The van der Waals surface area contributed by atoms with Gasteiger partial charge in [-0.2, -0.15) is 0 Å². The first-order valence-electron chi connectivity index (χ1n) is 5.25. The van der Waals surface area contributed by atoms with Gasteiger partial charge in [0.05, 0.1) is 12.7 Å². The van der Waals surface area contributed by atoms with Crippen molar-refractivity contribution in [1.29, 1.82) is 0 Å². The van der Waals surface area contributed by atoms with Gasteiger partial charge < -0.3 is 15.3 Å². The van der Waals surface area contributed by atoms with Crippen LogP contribution in [0.3, 0.4) is 0 Å². The summed E-state index contributed by atoms with van der Waals surface area (Å²) in [6, 6.07) is 6.72. The molecule has 17 heavy (non-hydrogen) atoms. The zero-order chi connectivity index (χ0) is 12.7. The lowest BCUT2D eigenvalue weighted by Crippen LogP contribution is -2.19. The summed E-state index contributed by atoms with van der Waals surface area (Å²) in [7, 11) is 0. The SMILES string of the molecule is [N-]=[N+]=NCCC(O)C(O)c1cccc(CO)c1. The highest BCUT2D eigenvalue weighted by Gasteiger charge is 2.17. The molecule has 0 aliphatic carbocycles. The highest BCUT2D eigenvalue weighted by atomic mass is 16.3. The van der Waals surface area contributed by atoms with Crippen LogP contribution in [-0.4, -0.2) is 28.0 Å². The van der Waals surface area contributed by atoms with Gasteiger partial charge in [-0.05, 0) is 23.1 Å². The lowest BCUT2D eigenvalue weighted by atomic mass is 10.0. The lowest BCUT2D eigenvalue weighted by molar-refractivity contribution is 0.0149. The molecule has 0 aromatic heterocycles. The van der Waals surface area contributed by atoms with Gasteiger partial charge in [0.25, 0.3) is 0 Å². The van der Waals surface area contributed by atoms with Crippen molar-refractivity contribution < 1.29 is 15.3 Å². The van der Waals surface area contributed by atoms with Gasteiger partial charge in [0.2, 0.25) is 0 Å². The Bertz CT molecular complexity index is 405. The molecule has 1 rings (SSSR count). The average molecular weight is 237 g/mol. The molecule has 6 heteroatoms. The second-order valence-electron chi connectivity index (χ2n) is 3.66. The molecule has 0 spiro atoms. The van der Waals surface area contributed by atoms with E-state index in [1.165, 1.54) is 0 Å². The zero-order valence-corrected chi connectivity index (χ0v) is 9.27. The van der Waals surface area contributed by atoms with Crippen LogP contribution in [0.25, 0.3) is 10.4 Å². The van der Waals surface area contributed by atoms with Gasteiger partial charge in [-0.25, -0.2) is 0 Å². The Kier molecular flexibility index (Phi) is 5.45. The van der Waals surface area contributed by atoms with Crippen LogP contribution in [0.1, 0.15) is 23.7 Å². The van der Waals surface area contributed by atoms with Gasteiger partial charge in [0.1, 0.15) is 6.10 Å². The van der Waals surface area contributed by atoms with Gasteiger partial charge in [-0.1, -0.05) is 29.4 Å². The third kappa shape index (κ3) is 4.05. The Hall–Kier alpha value is -1.59. The van der Waals surface area contributed by atoms with Crippen LogP contribution >= 0.6 is 0 Å². The van der Waals surface area contributed by atoms with Gasteiger partial charge >= 0.3 is 0 Å². The maximum atomic E-state index is 9.84. The smallest absolute Gasteiger partial charge is 0.105 e. The predicted octanol–water partition coefficient (Wildman–Crippen LogP) is 1.27. The van der Waals surface area contributed by atoms with Crippen molar-refractivity contribution in [2.24, 2.45) is 5.11 Å². The highest BCUT2D eigenvalue weighted by molar-refractivity contribution is 5.25. The van der Waals surface area contributed by atoms with E-state index in [0.29, 0.717) is 11.1 Å². The number of hydrogen-bond acceptors (Lipinski definition) is 4. The molecule has 0 bridgehead atoms. The second-order valence-corrected chi connectivity index (χ2v) is 3.66. The molecule has 0 fully saturated rings. The zero-order valence-electron chi connectivity index (χ0n) is 9.27. The number of azide groups is 1. The standard InChI is InChI=1S/C11H15N3O3/c12-14-13-5-4-10(16)11(17)9-3-1-2-8(6-9)7-15/h1-3,6,10-11,15-17H,4-5,7H2. The Labute approximate surface area is 98.8 Å². The van der Waals surface area contributed by atoms with E-state index in [1.807, 2.05) is 0 Å². The van der Waals surface area contributed by atoms with Crippen LogP contribution in [0.4, 0.5) is 0 Å². The second kappa shape index (κ2) is 6.88. The van der Waals surface area contributed by atoms with Gasteiger partial charge in [0, 0.05) is 11.5 Å². The molecule has 0 radical (unpaired) electrons. The maximum Gasteiger partial charge on any atom is 0.105 e. The Morgan fingerprint density at radius 3 is 2.76 bits per heavy atom. The Balaban J connectivity index is 2.66. The Morgan fingerprint density at radius 1 is 1.35 bits per heavy atom. The molecule has 2 atom stereocenters. The van der Waals surface area contributed by atoms with Crippen LogP contribution in [-0.2, 0) is 6.61 Å². The quantitative estimate of drug-likeness (QED) is 0.393. The van der Waals surface area contributed by atoms with E-state index >= 15 is 0 Å². The molecule has 6 nitrogen and oxygen atoms in total. The van der Waals surface area contributed by atoms with Crippen molar-refractivity contribution in [3.8, 4) is 0 Å². The van der Waals surface area contributed by atoms with Crippen molar-refractivity contribution in [2.75, 3.05) is 6.54 Å².